The summed E-state index contributed by atoms with van der Waals surface area (Å²) in [5.41, 5.74) is 0.531. The number of rotatable bonds is 5. The van der Waals surface area contributed by atoms with Crippen LogP contribution in [-0.4, -0.2) is 11.9 Å². The van der Waals surface area contributed by atoms with E-state index in [9.17, 15) is 9.59 Å². The van der Waals surface area contributed by atoms with Crippen LogP contribution in [0, 0.1) is 11.8 Å². The number of cyclic esters (lactones) is 2. The van der Waals surface area contributed by atoms with E-state index in [4.69, 9.17) is 0 Å². The van der Waals surface area contributed by atoms with Gasteiger partial charge in [-0.25, -0.2) is 9.59 Å². The summed E-state index contributed by atoms with van der Waals surface area (Å²) in [6.45, 7) is 6.32. The maximum atomic E-state index is 11.2. The topological polar surface area (TPSA) is 43.4 Å². The zero-order valence-electron chi connectivity index (χ0n) is 9.58. The monoisotopic (exact) mass is 210 g/mol. The first-order chi connectivity index (χ1) is 7.00. The number of esters is 2. The van der Waals surface area contributed by atoms with Crippen molar-refractivity contribution in [3.8, 4) is 0 Å². The number of hydrogen-bond donors (Lipinski definition) is 0. The Morgan fingerprint density at radius 1 is 1.20 bits per heavy atom. The molecule has 0 fully saturated rings. The minimum atomic E-state index is -0.522. The van der Waals surface area contributed by atoms with Gasteiger partial charge < -0.3 is 4.74 Å². The Bertz CT molecular complexity index is 289. The van der Waals surface area contributed by atoms with E-state index < -0.39 is 11.9 Å². The quantitative estimate of drug-likeness (QED) is 0.517. The SMILES string of the molecule is CC(C)CCCC(C)C1=CC(=O)OC1=O. The highest BCUT2D eigenvalue weighted by molar-refractivity contribution is 6.09. The van der Waals surface area contributed by atoms with Crippen LogP contribution in [0.2, 0.25) is 0 Å². The third-order valence-corrected chi connectivity index (χ3v) is 2.65. The van der Waals surface area contributed by atoms with Gasteiger partial charge in [0.05, 0.1) is 0 Å². The predicted octanol–water partition coefficient (Wildman–Crippen LogP) is 2.46. The van der Waals surface area contributed by atoms with Crippen molar-refractivity contribution in [2.45, 2.75) is 40.0 Å². The van der Waals surface area contributed by atoms with Crippen LogP contribution in [0.4, 0.5) is 0 Å². The number of hydrogen-bond acceptors (Lipinski definition) is 3. The zero-order valence-corrected chi connectivity index (χ0v) is 9.58. The van der Waals surface area contributed by atoms with Crippen molar-refractivity contribution in [2.75, 3.05) is 0 Å². The Labute approximate surface area is 90.5 Å². The molecule has 0 radical (unpaired) electrons. The summed E-state index contributed by atoms with van der Waals surface area (Å²) >= 11 is 0. The maximum absolute atomic E-state index is 11.2. The molecule has 3 nitrogen and oxygen atoms in total. The molecular formula is C12H18O3. The van der Waals surface area contributed by atoms with E-state index in [0.717, 1.165) is 19.3 Å². The fraction of sp³-hybridized carbons (Fsp3) is 0.667. The molecule has 84 valence electrons. The molecule has 0 spiro atoms. The predicted molar refractivity (Wildman–Crippen MR) is 57.0 cm³/mol. The van der Waals surface area contributed by atoms with Gasteiger partial charge in [0.2, 0.25) is 0 Å². The number of ether oxygens (including phenoxy) is 1. The summed E-state index contributed by atoms with van der Waals surface area (Å²) in [5, 5.41) is 0. The molecule has 0 saturated heterocycles. The molecular weight excluding hydrogens is 192 g/mol. The van der Waals surface area contributed by atoms with Crippen LogP contribution in [0.15, 0.2) is 11.6 Å². The second-order valence-electron chi connectivity index (χ2n) is 4.53. The van der Waals surface area contributed by atoms with Gasteiger partial charge in [-0.15, -0.1) is 0 Å². The van der Waals surface area contributed by atoms with Crippen molar-refractivity contribution in [1.82, 2.24) is 0 Å². The molecule has 0 N–H and O–H groups in total. The smallest absolute Gasteiger partial charge is 0.342 e. The minimum absolute atomic E-state index is 0.127. The Balaban J connectivity index is 2.40. The highest BCUT2D eigenvalue weighted by Gasteiger charge is 2.27. The molecule has 0 saturated carbocycles. The van der Waals surface area contributed by atoms with Crippen LogP contribution in [0.25, 0.3) is 0 Å². The van der Waals surface area contributed by atoms with Gasteiger partial charge >= 0.3 is 11.9 Å². The van der Waals surface area contributed by atoms with Gasteiger partial charge in [-0.2, -0.15) is 0 Å². The molecule has 1 aliphatic rings. The fourth-order valence-electron chi connectivity index (χ4n) is 1.70. The summed E-state index contributed by atoms with van der Waals surface area (Å²) in [5.74, 6) is -0.172. The molecule has 0 aromatic rings. The highest BCUT2D eigenvalue weighted by Crippen LogP contribution is 2.23. The molecule has 1 rings (SSSR count). The van der Waals surface area contributed by atoms with Crippen molar-refractivity contribution >= 4 is 11.9 Å². The lowest BCUT2D eigenvalue weighted by atomic mass is 9.94. The van der Waals surface area contributed by atoms with E-state index in [2.05, 4.69) is 18.6 Å². The van der Waals surface area contributed by atoms with E-state index in [1.54, 1.807) is 0 Å². The van der Waals surface area contributed by atoms with Crippen LogP contribution < -0.4 is 0 Å². The molecule has 1 atom stereocenters. The average molecular weight is 210 g/mol. The van der Waals surface area contributed by atoms with Gasteiger partial charge in [-0.05, 0) is 18.3 Å². The van der Waals surface area contributed by atoms with E-state index in [1.165, 1.54) is 6.08 Å². The molecule has 15 heavy (non-hydrogen) atoms. The third kappa shape index (κ3) is 3.50. The van der Waals surface area contributed by atoms with Crippen LogP contribution in [-0.2, 0) is 14.3 Å². The van der Waals surface area contributed by atoms with E-state index in [1.807, 2.05) is 6.92 Å². The summed E-state index contributed by atoms with van der Waals surface area (Å²) < 4.78 is 4.45. The van der Waals surface area contributed by atoms with Gasteiger partial charge in [-0.1, -0.05) is 33.6 Å². The van der Waals surface area contributed by atoms with Gasteiger partial charge in [0.1, 0.15) is 0 Å². The van der Waals surface area contributed by atoms with Crippen LogP contribution in [0.1, 0.15) is 40.0 Å². The summed E-state index contributed by atoms with van der Waals surface area (Å²) in [4.78, 5) is 22.0. The van der Waals surface area contributed by atoms with Gasteiger partial charge in [-0.3, -0.25) is 0 Å². The van der Waals surface area contributed by atoms with Crippen molar-refractivity contribution in [3.63, 3.8) is 0 Å². The van der Waals surface area contributed by atoms with Gasteiger partial charge in [0.15, 0.2) is 0 Å². The third-order valence-electron chi connectivity index (χ3n) is 2.65. The molecule has 0 aromatic heterocycles. The summed E-state index contributed by atoms with van der Waals surface area (Å²) in [6.07, 6.45) is 4.49. The molecule has 0 aliphatic carbocycles. The van der Waals surface area contributed by atoms with Crippen LogP contribution in [0.3, 0.4) is 0 Å². The van der Waals surface area contributed by atoms with Gasteiger partial charge in [0, 0.05) is 11.6 Å². The van der Waals surface area contributed by atoms with Crippen molar-refractivity contribution < 1.29 is 14.3 Å². The molecule has 1 aliphatic heterocycles. The Morgan fingerprint density at radius 2 is 1.87 bits per heavy atom. The normalized spacial score (nSPS) is 18.0. The molecule has 0 bridgehead atoms. The highest BCUT2D eigenvalue weighted by atomic mass is 16.6. The second-order valence-corrected chi connectivity index (χ2v) is 4.53. The average Bonchev–Trinajstić information content (AvgIpc) is 2.44. The van der Waals surface area contributed by atoms with Crippen molar-refractivity contribution in [3.05, 3.63) is 11.6 Å². The lowest BCUT2D eigenvalue weighted by Crippen LogP contribution is -2.08. The molecule has 0 aromatic carbocycles. The number of carbonyl (C=O) groups is 2. The van der Waals surface area contributed by atoms with Crippen molar-refractivity contribution in [2.24, 2.45) is 11.8 Å². The summed E-state index contributed by atoms with van der Waals surface area (Å²) in [6, 6.07) is 0. The van der Waals surface area contributed by atoms with E-state index in [-0.39, 0.29) is 5.92 Å². The first kappa shape index (κ1) is 12.0. The first-order valence-corrected chi connectivity index (χ1v) is 5.48. The molecule has 0 amide bonds. The lowest BCUT2D eigenvalue weighted by molar-refractivity contribution is -0.150. The van der Waals surface area contributed by atoms with Crippen LogP contribution >= 0.6 is 0 Å². The Kier molecular flexibility index (Phi) is 4.06. The Morgan fingerprint density at radius 3 is 2.33 bits per heavy atom. The van der Waals surface area contributed by atoms with E-state index >= 15 is 0 Å². The summed E-state index contributed by atoms with van der Waals surface area (Å²) in [7, 11) is 0. The van der Waals surface area contributed by atoms with Gasteiger partial charge in [0.25, 0.3) is 0 Å². The first-order valence-electron chi connectivity index (χ1n) is 5.48. The number of carbonyl (C=O) groups excluding carboxylic acids is 2. The van der Waals surface area contributed by atoms with Crippen molar-refractivity contribution in [1.29, 1.82) is 0 Å². The maximum Gasteiger partial charge on any atom is 0.342 e. The fourth-order valence-corrected chi connectivity index (χ4v) is 1.70. The zero-order chi connectivity index (χ0) is 11.4. The Hall–Kier alpha value is -1.12. The second kappa shape index (κ2) is 5.10. The molecule has 3 heteroatoms. The standard InChI is InChI=1S/C12H18O3/c1-8(2)5-4-6-9(3)10-7-11(13)15-12(10)14/h7-9H,4-6H2,1-3H3. The van der Waals surface area contributed by atoms with E-state index in [0.29, 0.717) is 11.5 Å². The lowest BCUT2D eigenvalue weighted by Gasteiger charge is -2.10. The molecule has 1 heterocycles. The van der Waals surface area contributed by atoms with Crippen LogP contribution in [0.5, 0.6) is 0 Å². The molecule has 1 unspecified atom stereocenters. The largest absolute Gasteiger partial charge is 0.386 e. The minimum Gasteiger partial charge on any atom is -0.386 e.